The number of non-ortho nitro benzene ring substituents is 1. The topological polar surface area (TPSA) is 108 Å². The number of hydrogen-bond donors (Lipinski definition) is 1. The van der Waals surface area contributed by atoms with Crippen LogP contribution in [0.4, 0.5) is 5.69 Å². The van der Waals surface area contributed by atoms with Crippen LogP contribution in [-0.4, -0.2) is 30.0 Å². The Morgan fingerprint density at radius 2 is 1.59 bits per heavy atom. The summed E-state index contributed by atoms with van der Waals surface area (Å²) in [5.41, 5.74) is 1.12. The van der Waals surface area contributed by atoms with E-state index in [4.69, 9.17) is 9.47 Å². The van der Waals surface area contributed by atoms with Gasteiger partial charge in [0.05, 0.1) is 11.3 Å². The molecule has 1 amide bonds. The molecule has 0 heterocycles. The van der Waals surface area contributed by atoms with E-state index >= 15 is 0 Å². The van der Waals surface area contributed by atoms with Gasteiger partial charge in [0.25, 0.3) is 11.6 Å². The van der Waals surface area contributed by atoms with Crippen LogP contribution in [0.15, 0.2) is 48.5 Å². The molecule has 0 aliphatic rings. The number of benzene rings is 2. The van der Waals surface area contributed by atoms with Crippen molar-refractivity contribution in [1.29, 1.82) is 0 Å². The molecule has 154 valence electrons. The Morgan fingerprint density at radius 3 is 2.14 bits per heavy atom. The fraction of sp³-hybridized carbons (Fsp3) is 0.333. The summed E-state index contributed by atoms with van der Waals surface area (Å²) in [6, 6.07) is 12.7. The van der Waals surface area contributed by atoms with Gasteiger partial charge in [-0.3, -0.25) is 19.7 Å². The lowest BCUT2D eigenvalue weighted by Gasteiger charge is -2.19. The Kier molecular flexibility index (Phi) is 7.30. The Bertz CT molecular complexity index is 854. The first-order valence-electron chi connectivity index (χ1n) is 9.10. The second-order valence-corrected chi connectivity index (χ2v) is 7.39. The van der Waals surface area contributed by atoms with Gasteiger partial charge in [-0.15, -0.1) is 0 Å². The molecule has 0 bridgehead atoms. The predicted molar refractivity (Wildman–Crippen MR) is 107 cm³/mol. The summed E-state index contributed by atoms with van der Waals surface area (Å²) in [4.78, 5) is 33.6. The fourth-order valence-electron chi connectivity index (χ4n) is 2.37. The number of nitro benzene ring substituents is 1. The molecular formula is C21H24N2O6. The zero-order valence-electron chi connectivity index (χ0n) is 16.6. The highest BCUT2D eigenvalue weighted by Crippen LogP contribution is 2.24. The smallest absolute Gasteiger partial charge is 0.312 e. The lowest BCUT2D eigenvalue weighted by molar-refractivity contribution is -0.384. The Hall–Kier alpha value is -3.42. The van der Waals surface area contributed by atoms with Crippen molar-refractivity contribution >= 4 is 17.6 Å². The molecule has 0 saturated heterocycles. The highest BCUT2D eigenvalue weighted by molar-refractivity contribution is 5.78. The molecule has 0 fully saturated rings. The van der Waals surface area contributed by atoms with E-state index in [0.717, 1.165) is 0 Å². The quantitative estimate of drug-likeness (QED) is 0.315. The number of carbonyl (C=O) groups is 2. The molecule has 29 heavy (non-hydrogen) atoms. The van der Waals surface area contributed by atoms with Crippen LogP contribution in [0.3, 0.4) is 0 Å². The average Bonchev–Trinajstić information content (AvgIpc) is 2.66. The first-order valence-corrected chi connectivity index (χ1v) is 9.10. The lowest BCUT2D eigenvalue weighted by Crippen LogP contribution is -2.31. The summed E-state index contributed by atoms with van der Waals surface area (Å²) in [7, 11) is 0. The summed E-state index contributed by atoms with van der Waals surface area (Å²) in [5, 5.41) is 13.2. The van der Waals surface area contributed by atoms with Crippen molar-refractivity contribution in [3.63, 3.8) is 0 Å². The summed E-state index contributed by atoms with van der Waals surface area (Å²) >= 11 is 0. The third kappa shape index (κ3) is 7.25. The third-order valence-electron chi connectivity index (χ3n) is 4.02. The number of amides is 1. The second-order valence-electron chi connectivity index (χ2n) is 7.39. The van der Waals surface area contributed by atoms with Crippen LogP contribution in [0.25, 0.3) is 0 Å². The van der Waals surface area contributed by atoms with Gasteiger partial charge in [-0.25, -0.2) is 0 Å². The number of nitrogens with one attached hydrogen (secondary N) is 1. The van der Waals surface area contributed by atoms with Gasteiger partial charge in [-0.05, 0) is 35.2 Å². The van der Waals surface area contributed by atoms with Gasteiger partial charge >= 0.3 is 5.97 Å². The highest BCUT2D eigenvalue weighted by atomic mass is 16.6. The predicted octanol–water partition coefficient (Wildman–Crippen LogP) is 3.38. The van der Waals surface area contributed by atoms with E-state index in [1.807, 2.05) is 24.3 Å². The molecule has 1 N–H and O–H groups in total. The molecule has 8 nitrogen and oxygen atoms in total. The van der Waals surface area contributed by atoms with Crippen LogP contribution in [0.5, 0.6) is 11.5 Å². The molecule has 0 aliphatic carbocycles. The minimum absolute atomic E-state index is 0.0387. The average molecular weight is 400 g/mol. The first kappa shape index (κ1) is 21.9. The Balaban J connectivity index is 1.68. The first-order chi connectivity index (χ1) is 13.6. The van der Waals surface area contributed by atoms with Crippen LogP contribution in [-0.2, 0) is 15.0 Å². The van der Waals surface area contributed by atoms with E-state index in [0.29, 0.717) is 5.75 Å². The minimum Gasteiger partial charge on any atom is -0.484 e. The maximum absolute atomic E-state index is 11.8. The number of carbonyl (C=O) groups excluding carboxylic acids is 2. The number of esters is 1. The van der Waals surface area contributed by atoms with Crippen LogP contribution in [0.2, 0.25) is 0 Å². The van der Waals surface area contributed by atoms with Crippen LogP contribution in [0, 0.1) is 10.1 Å². The zero-order valence-corrected chi connectivity index (χ0v) is 16.6. The van der Waals surface area contributed by atoms with Crippen LogP contribution in [0.1, 0.15) is 32.8 Å². The highest BCUT2D eigenvalue weighted by Gasteiger charge is 2.13. The van der Waals surface area contributed by atoms with Gasteiger partial charge < -0.3 is 14.8 Å². The molecule has 0 saturated carbocycles. The number of hydrogen-bond acceptors (Lipinski definition) is 6. The molecule has 0 atom stereocenters. The molecule has 2 aromatic carbocycles. The maximum atomic E-state index is 11.8. The monoisotopic (exact) mass is 400 g/mol. The molecule has 2 aromatic rings. The van der Waals surface area contributed by atoms with Crippen molar-refractivity contribution in [1.82, 2.24) is 5.32 Å². The van der Waals surface area contributed by atoms with Gasteiger partial charge in [-0.2, -0.15) is 0 Å². The van der Waals surface area contributed by atoms with Gasteiger partial charge in [0.2, 0.25) is 0 Å². The maximum Gasteiger partial charge on any atom is 0.312 e. The van der Waals surface area contributed by atoms with E-state index in [1.54, 1.807) is 0 Å². The molecule has 0 spiro atoms. The van der Waals surface area contributed by atoms with E-state index in [2.05, 4.69) is 26.1 Å². The van der Waals surface area contributed by atoms with E-state index < -0.39 is 10.9 Å². The van der Waals surface area contributed by atoms with Crippen molar-refractivity contribution in [2.24, 2.45) is 0 Å². The molecule has 8 heteroatoms. The Labute approximate surface area is 169 Å². The largest absolute Gasteiger partial charge is 0.484 e. The van der Waals surface area contributed by atoms with Crippen LogP contribution >= 0.6 is 0 Å². The number of ether oxygens (including phenoxy) is 2. The van der Waals surface area contributed by atoms with E-state index in [1.165, 1.54) is 29.8 Å². The fourth-order valence-corrected chi connectivity index (χ4v) is 2.37. The molecular weight excluding hydrogens is 376 g/mol. The lowest BCUT2D eigenvalue weighted by atomic mass is 9.87. The minimum atomic E-state index is -0.558. The molecule has 0 aliphatic heterocycles. The summed E-state index contributed by atoms with van der Waals surface area (Å²) in [6.07, 6.45) is -0.0387. The van der Waals surface area contributed by atoms with Crippen molar-refractivity contribution < 1.29 is 24.0 Å². The summed E-state index contributed by atoms with van der Waals surface area (Å²) in [6.45, 7) is 6.28. The molecule has 0 aromatic heterocycles. The summed E-state index contributed by atoms with van der Waals surface area (Å²) in [5.74, 6) is -0.120. The van der Waals surface area contributed by atoms with Gasteiger partial charge in [-0.1, -0.05) is 32.9 Å². The van der Waals surface area contributed by atoms with Crippen molar-refractivity contribution in [3.05, 3.63) is 64.2 Å². The standard InChI is InChI=1S/C21H24N2O6/c1-21(2,3)15-4-8-17(9-5-15)28-14-19(24)22-13-12-20(25)29-18-10-6-16(7-11-18)23(26)27/h4-11H,12-14H2,1-3H3,(H,22,24). The Morgan fingerprint density at radius 1 is 1.00 bits per heavy atom. The molecule has 0 unspecified atom stereocenters. The SMILES string of the molecule is CC(C)(C)c1ccc(OCC(=O)NCCC(=O)Oc2ccc([N+](=O)[O-])cc2)cc1. The number of nitro groups is 1. The van der Waals surface area contributed by atoms with Gasteiger partial charge in [0, 0.05) is 18.7 Å². The molecule has 0 radical (unpaired) electrons. The zero-order chi connectivity index (χ0) is 21.4. The van der Waals surface area contributed by atoms with Crippen molar-refractivity contribution in [2.75, 3.05) is 13.2 Å². The van der Waals surface area contributed by atoms with Crippen molar-refractivity contribution in [3.8, 4) is 11.5 Å². The number of rotatable bonds is 8. The normalized spacial score (nSPS) is 10.9. The van der Waals surface area contributed by atoms with E-state index in [-0.39, 0.29) is 42.3 Å². The van der Waals surface area contributed by atoms with E-state index in [9.17, 15) is 19.7 Å². The number of nitrogens with zero attached hydrogens (tertiary/aromatic N) is 1. The van der Waals surface area contributed by atoms with Crippen LogP contribution < -0.4 is 14.8 Å². The third-order valence-corrected chi connectivity index (χ3v) is 4.02. The summed E-state index contributed by atoms with van der Waals surface area (Å²) < 4.78 is 10.5. The second kappa shape index (κ2) is 9.68. The van der Waals surface area contributed by atoms with Gasteiger partial charge in [0.1, 0.15) is 11.5 Å². The van der Waals surface area contributed by atoms with Crippen molar-refractivity contribution in [2.45, 2.75) is 32.6 Å². The molecule has 2 rings (SSSR count). The van der Waals surface area contributed by atoms with Gasteiger partial charge in [0.15, 0.2) is 6.61 Å².